The lowest BCUT2D eigenvalue weighted by Gasteiger charge is -2.24. The van der Waals surface area contributed by atoms with Gasteiger partial charge in [0.2, 0.25) is 0 Å². The van der Waals surface area contributed by atoms with E-state index in [9.17, 15) is 0 Å². The topological polar surface area (TPSA) is 57.8 Å². The number of fused-ring (bicyclic) bond motifs is 1. The average molecular weight is 369 g/mol. The summed E-state index contributed by atoms with van der Waals surface area (Å²) in [7, 11) is -1.06. The first-order chi connectivity index (χ1) is 12.5. The second kappa shape index (κ2) is 6.96. The minimum Gasteiger partial charge on any atom is -0.361 e. The van der Waals surface area contributed by atoms with Gasteiger partial charge in [-0.3, -0.25) is 4.68 Å². The van der Waals surface area contributed by atoms with E-state index in [0.29, 0.717) is 6.73 Å². The van der Waals surface area contributed by atoms with Crippen LogP contribution < -0.4 is 0 Å². The first-order valence-electron chi connectivity index (χ1n) is 9.29. The molecule has 0 unspecified atom stereocenters. The van der Waals surface area contributed by atoms with Crippen LogP contribution in [0.15, 0.2) is 31.0 Å². The van der Waals surface area contributed by atoms with Crippen LogP contribution in [0, 0.1) is 6.04 Å². The second-order valence-corrected chi connectivity index (χ2v) is 13.8. The fraction of sp³-hybridized carbons (Fsp3) is 0.474. The average Bonchev–Trinajstić information content (AvgIpc) is 3.16. The Kier molecular flexibility index (Phi) is 4.66. The molecular formula is C19H26N5OSi. The van der Waals surface area contributed by atoms with Gasteiger partial charge in [0.05, 0.1) is 17.9 Å². The van der Waals surface area contributed by atoms with Gasteiger partial charge in [-0.1, -0.05) is 19.6 Å². The van der Waals surface area contributed by atoms with Crippen LogP contribution in [-0.2, 0) is 11.5 Å². The van der Waals surface area contributed by atoms with Crippen molar-refractivity contribution in [2.75, 3.05) is 6.61 Å². The van der Waals surface area contributed by atoms with Crippen LogP contribution in [0.1, 0.15) is 19.3 Å². The first-order valence-corrected chi connectivity index (χ1v) is 13.0. The Hall–Kier alpha value is -1.99. The van der Waals surface area contributed by atoms with Gasteiger partial charge in [-0.05, 0) is 31.4 Å². The molecule has 0 N–H and O–H groups in total. The summed E-state index contributed by atoms with van der Waals surface area (Å²) in [6.07, 6.45) is 11.2. The van der Waals surface area contributed by atoms with E-state index in [-0.39, 0.29) is 0 Å². The Labute approximate surface area is 155 Å². The standard InChI is InChI=1S/C19H26N5OSi/c1-26(2,3)10-9-25-14-23-8-7-17-18(20-13-21-19(17)23)15-11-22-24(12-15)16-5-4-6-16/h7-8,11-13H,4-6,9-10,14H2,1-3H3. The molecule has 0 atom stereocenters. The second-order valence-electron chi connectivity index (χ2n) is 8.19. The van der Waals surface area contributed by atoms with Crippen molar-refractivity contribution in [3.8, 4) is 11.3 Å². The number of hydrogen-bond donors (Lipinski definition) is 0. The predicted octanol–water partition coefficient (Wildman–Crippen LogP) is 4.17. The van der Waals surface area contributed by atoms with Crippen molar-refractivity contribution in [3.05, 3.63) is 37.0 Å². The zero-order chi connectivity index (χ0) is 18.1. The van der Waals surface area contributed by atoms with Gasteiger partial charge in [-0.2, -0.15) is 5.10 Å². The van der Waals surface area contributed by atoms with E-state index in [1.165, 1.54) is 18.5 Å². The lowest BCUT2D eigenvalue weighted by Crippen LogP contribution is -2.22. The summed E-state index contributed by atoms with van der Waals surface area (Å²) >= 11 is 0. The fourth-order valence-electron chi connectivity index (χ4n) is 3.06. The van der Waals surface area contributed by atoms with Gasteiger partial charge in [0.25, 0.3) is 0 Å². The third-order valence-electron chi connectivity index (χ3n) is 4.89. The van der Waals surface area contributed by atoms with E-state index in [0.717, 1.165) is 41.7 Å². The number of aromatic nitrogens is 5. The van der Waals surface area contributed by atoms with Gasteiger partial charge in [0, 0.05) is 38.0 Å². The lowest BCUT2D eigenvalue weighted by molar-refractivity contribution is 0.0899. The van der Waals surface area contributed by atoms with E-state index in [1.807, 2.05) is 17.1 Å². The molecule has 0 aliphatic heterocycles. The quantitative estimate of drug-likeness (QED) is 0.464. The zero-order valence-electron chi connectivity index (χ0n) is 15.8. The molecule has 6 nitrogen and oxygen atoms in total. The maximum Gasteiger partial charge on any atom is 0.145 e. The third kappa shape index (κ3) is 3.59. The Morgan fingerprint density at radius 2 is 2.04 bits per heavy atom. The van der Waals surface area contributed by atoms with Gasteiger partial charge in [-0.25, -0.2) is 9.97 Å². The molecule has 1 fully saturated rings. The highest BCUT2D eigenvalue weighted by Gasteiger charge is 2.22. The molecule has 1 aliphatic rings. The summed E-state index contributed by atoms with van der Waals surface area (Å²) < 4.78 is 9.94. The van der Waals surface area contributed by atoms with Crippen molar-refractivity contribution in [3.63, 3.8) is 0 Å². The maximum atomic E-state index is 5.88. The molecule has 0 bridgehead atoms. The molecule has 0 saturated heterocycles. The Morgan fingerprint density at radius 1 is 1.19 bits per heavy atom. The first kappa shape index (κ1) is 17.4. The van der Waals surface area contributed by atoms with Crippen molar-refractivity contribution < 1.29 is 4.74 Å². The minimum absolute atomic E-state index is 0.529. The molecule has 1 aliphatic carbocycles. The normalized spacial score (nSPS) is 15.5. The van der Waals surface area contributed by atoms with Crippen molar-refractivity contribution >= 4 is 19.1 Å². The SMILES string of the molecule is C[Si](C)(C)CCOCn1ccc2c(-c3cnn([C]4CCC4)c3)ncnc21. The fourth-order valence-corrected chi connectivity index (χ4v) is 3.82. The van der Waals surface area contributed by atoms with Gasteiger partial charge < -0.3 is 9.30 Å². The van der Waals surface area contributed by atoms with Crippen LogP contribution in [0.5, 0.6) is 0 Å². The summed E-state index contributed by atoms with van der Waals surface area (Å²) in [6.45, 7) is 8.43. The molecule has 137 valence electrons. The van der Waals surface area contributed by atoms with Crippen LogP contribution >= 0.6 is 0 Å². The molecule has 0 aromatic carbocycles. The molecule has 0 amide bonds. The van der Waals surface area contributed by atoms with Crippen LogP contribution in [-0.4, -0.2) is 39.0 Å². The van der Waals surface area contributed by atoms with E-state index < -0.39 is 8.07 Å². The third-order valence-corrected chi connectivity index (χ3v) is 6.60. The summed E-state index contributed by atoms with van der Waals surface area (Å²) in [5, 5.41) is 5.54. The van der Waals surface area contributed by atoms with Gasteiger partial charge in [0.1, 0.15) is 18.7 Å². The molecule has 3 aromatic heterocycles. The van der Waals surface area contributed by atoms with Gasteiger partial charge in [0.15, 0.2) is 0 Å². The van der Waals surface area contributed by atoms with Crippen molar-refractivity contribution in [2.45, 2.75) is 51.7 Å². The monoisotopic (exact) mass is 368 g/mol. The Bertz CT molecular complexity index is 891. The van der Waals surface area contributed by atoms with Gasteiger partial charge >= 0.3 is 0 Å². The molecule has 3 heterocycles. The molecule has 1 radical (unpaired) electrons. The summed E-state index contributed by atoms with van der Waals surface area (Å²) in [5.74, 6) is 0. The van der Waals surface area contributed by atoms with E-state index in [4.69, 9.17) is 4.74 Å². The molecule has 1 saturated carbocycles. The van der Waals surface area contributed by atoms with Crippen molar-refractivity contribution in [2.24, 2.45) is 0 Å². The van der Waals surface area contributed by atoms with Gasteiger partial charge in [-0.15, -0.1) is 0 Å². The van der Waals surface area contributed by atoms with E-state index in [1.54, 1.807) is 6.33 Å². The highest BCUT2D eigenvalue weighted by Crippen LogP contribution is 2.32. The van der Waals surface area contributed by atoms with Crippen molar-refractivity contribution in [1.82, 2.24) is 24.3 Å². The maximum absolute atomic E-state index is 5.88. The molecular weight excluding hydrogens is 342 g/mol. The predicted molar refractivity (Wildman–Crippen MR) is 105 cm³/mol. The highest BCUT2D eigenvalue weighted by molar-refractivity contribution is 6.76. The van der Waals surface area contributed by atoms with Crippen LogP contribution in [0.25, 0.3) is 22.3 Å². The van der Waals surface area contributed by atoms with E-state index >= 15 is 0 Å². The number of ether oxygens (including phenoxy) is 1. The Balaban J connectivity index is 1.52. The number of nitrogens with zero attached hydrogens (tertiary/aromatic N) is 5. The molecule has 26 heavy (non-hydrogen) atoms. The lowest BCUT2D eigenvalue weighted by atomic mass is 9.93. The number of rotatable bonds is 7. The van der Waals surface area contributed by atoms with Crippen LogP contribution in [0.2, 0.25) is 25.7 Å². The summed E-state index contributed by atoms with van der Waals surface area (Å²) in [4.78, 5) is 8.99. The zero-order valence-corrected chi connectivity index (χ0v) is 16.8. The largest absolute Gasteiger partial charge is 0.361 e. The molecule has 0 spiro atoms. The number of hydrogen-bond acceptors (Lipinski definition) is 4. The van der Waals surface area contributed by atoms with Crippen LogP contribution in [0.3, 0.4) is 0 Å². The Morgan fingerprint density at radius 3 is 2.77 bits per heavy atom. The summed E-state index contributed by atoms with van der Waals surface area (Å²) in [5.41, 5.74) is 2.88. The molecule has 7 heteroatoms. The van der Waals surface area contributed by atoms with E-state index in [2.05, 4.69) is 51.5 Å². The molecule has 4 rings (SSSR count). The van der Waals surface area contributed by atoms with Crippen LogP contribution in [0.4, 0.5) is 0 Å². The minimum atomic E-state index is -1.06. The smallest absolute Gasteiger partial charge is 0.145 e. The summed E-state index contributed by atoms with van der Waals surface area (Å²) in [6, 6.07) is 4.63. The van der Waals surface area contributed by atoms with Crippen molar-refractivity contribution in [1.29, 1.82) is 0 Å². The molecule has 3 aromatic rings. The highest BCUT2D eigenvalue weighted by atomic mass is 28.3.